The first-order chi connectivity index (χ1) is 6.08. The van der Waals surface area contributed by atoms with Crippen LogP contribution in [-0.2, 0) is 10.0 Å². The van der Waals surface area contributed by atoms with Crippen LogP contribution in [-0.4, -0.2) is 42.0 Å². The molecule has 0 saturated carbocycles. The van der Waals surface area contributed by atoms with E-state index < -0.39 is 10.0 Å². The summed E-state index contributed by atoms with van der Waals surface area (Å²) in [6.07, 6.45) is 0.917. The summed E-state index contributed by atoms with van der Waals surface area (Å²) in [5.74, 6) is 1.91. The monoisotopic (exact) mass is 243 g/mol. The van der Waals surface area contributed by atoms with E-state index in [2.05, 4.69) is 0 Å². The van der Waals surface area contributed by atoms with Gasteiger partial charge >= 0.3 is 0 Å². The molecular weight excluding hydrogens is 230 g/mol. The lowest BCUT2D eigenvalue weighted by Gasteiger charge is -2.24. The SMILES string of the molecule is CC1CCSCCN1S(=O)(=O)CCl. The number of nitrogens with zero attached hydrogens (tertiary/aromatic N) is 1. The number of halogens is 1. The molecule has 78 valence electrons. The van der Waals surface area contributed by atoms with Gasteiger partial charge in [-0.1, -0.05) is 0 Å². The summed E-state index contributed by atoms with van der Waals surface area (Å²) in [6.45, 7) is 2.54. The van der Waals surface area contributed by atoms with Gasteiger partial charge in [0.1, 0.15) is 5.21 Å². The van der Waals surface area contributed by atoms with E-state index in [0.717, 1.165) is 17.9 Å². The Balaban J connectivity index is 2.75. The van der Waals surface area contributed by atoms with Crippen molar-refractivity contribution in [3.63, 3.8) is 0 Å². The van der Waals surface area contributed by atoms with E-state index in [-0.39, 0.29) is 11.3 Å². The minimum absolute atomic E-state index is 0.0961. The summed E-state index contributed by atoms with van der Waals surface area (Å²) in [4.78, 5) is 0. The predicted molar refractivity (Wildman–Crippen MR) is 57.7 cm³/mol. The minimum atomic E-state index is -3.21. The van der Waals surface area contributed by atoms with Gasteiger partial charge in [0.2, 0.25) is 10.0 Å². The fraction of sp³-hybridized carbons (Fsp3) is 1.00. The molecule has 1 fully saturated rings. The van der Waals surface area contributed by atoms with Crippen molar-refractivity contribution in [1.29, 1.82) is 0 Å². The predicted octanol–water partition coefficient (Wildman–Crippen LogP) is 1.34. The molecule has 0 amide bonds. The number of alkyl halides is 1. The first-order valence-electron chi connectivity index (χ1n) is 4.21. The maximum atomic E-state index is 11.5. The summed E-state index contributed by atoms with van der Waals surface area (Å²) < 4.78 is 24.5. The van der Waals surface area contributed by atoms with Crippen LogP contribution in [0.25, 0.3) is 0 Å². The van der Waals surface area contributed by atoms with Gasteiger partial charge < -0.3 is 0 Å². The number of sulfonamides is 1. The Hall–Kier alpha value is 0.550. The molecule has 13 heavy (non-hydrogen) atoms. The summed E-state index contributed by atoms with van der Waals surface area (Å²) in [7, 11) is -3.21. The van der Waals surface area contributed by atoms with Crippen LogP contribution >= 0.6 is 23.4 Å². The number of rotatable bonds is 2. The Kier molecular flexibility index (Phi) is 4.35. The highest BCUT2D eigenvalue weighted by Gasteiger charge is 2.27. The topological polar surface area (TPSA) is 37.4 Å². The smallest absolute Gasteiger partial charge is 0.211 e. The third-order valence-corrected chi connectivity index (χ3v) is 5.48. The first-order valence-corrected chi connectivity index (χ1v) is 7.51. The van der Waals surface area contributed by atoms with Crippen molar-refractivity contribution >= 4 is 33.4 Å². The summed E-state index contributed by atoms with van der Waals surface area (Å²) in [5.41, 5.74) is 0. The zero-order valence-electron chi connectivity index (χ0n) is 7.57. The molecule has 1 atom stereocenters. The lowest BCUT2D eigenvalue weighted by Crippen LogP contribution is -2.39. The average molecular weight is 244 g/mol. The van der Waals surface area contributed by atoms with Crippen molar-refractivity contribution in [2.45, 2.75) is 19.4 Å². The van der Waals surface area contributed by atoms with E-state index in [1.807, 2.05) is 6.92 Å². The Morgan fingerprint density at radius 3 is 2.85 bits per heavy atom. The molecule has 0 radical (unpaired) electrons. The molecule has 3 nitrogen and oxygen atoms in total. The second-order valence-corrected chi connectivity index (χ2v) is 6.81. The molecule has 1 aliphatic heterocycles. The van der Waals surface area contributed by atoms with Crippen molar-refractivity contribution in [2.75, 3.05) is 23.3 Å². The van der Waals surface area contributed by atoms with Gasteiger partial charge in [-0.15, -0.1) is 11.6 Å². The van der Waals surface area contributed by atoms with Crippen molar-refractivity contribution in [2.24, 2.45) is 0 Å². The van der Waals surface area contributed by atoms with Gasteiger partial charge in [0.05, 0.1) is 0 Å². The van der Waals surface area contributed by atoms with Crippen molar-refractivity contribution < 1.29 is 8.42 Å². The molecule has 0 aliphatic carbocycles. The lowest BCUT2D eigenvalue weighted by molar-refractivity contribution is 0.353. The van der Waals surface area contributed by atoms with Crippen LogP contribution in [0.2, 0.25) is 0 Å². The average Bonchev–Trinajstić information content (AvgIpc) is 2.30. The second-order valence-electron chi connectivity index (χ2n) is 3.08. The molecule has 0 bridgehead atoms. The molecule has 0 aromatic carbocycles. The van der Waals surface area contributed by atoms with Gasteiger partial charge in [0.25, 0.3) is 0 Å². The Morgan fingerprint density at radius 1 is 1.54 bits per heavy atom. The van der Waals surface area contributed by atoms with E-state index >= 15 is 0 Å². The molecule has 1 heterocycles. The Bertz CT molecular complexity index is 255. The third-order valence-electron chi connectivity index (χ3n) is 2.12. The highest BCUT2D eigenvalue weighted by molar-refractivity contribution is 7.99. The standard InChI is InChI=1S/C7H14ClNO2S2/c1-7-2-4-12-5-3-9(7)13(10,11)6-8/h7H,2-6H2,1H3. The number of thioether (sulfide) groups is 1. The molecule has 0 spiro atoms. The molecule has 1 saturated heterocycles. The molecule has 1 rings (SSSR count). The van der Waals surface area contributed by atoms with Crippen LogP contribution in [0.1, 0.15) is 13.3 Å². The Labute approximate surface area is 88.9 Å². The lowest BCUT2D eigenvalue weighted by atomic mass is 10.3. The normalized spacial score (nSPS) is 27.1. The fourth-order valence-corrected chi connectivity index (χ4v) is 4.03. The van der Waals surface area contributed by atoms with E-state index in [4.69, 9.17) is 11.6 Å². The number of hydrogen-bond acceptors (Lipinski definition) is 3. The van der Waals surface area contributed by atoms with Gasteiger partial charge in [0, 0.05) is 18.3 Å². The quantitative estimate of drug-likeness (QED) is 0.687. The summed E-state index contributed by atoms with van der Waals surface area (Å²) >= 11 is 7.21. The molecular formula is C7H14ClNO2S2. The van der Waals surface area contributed by atoms with Crippen molar-refractivity contribution in [1.82, 2.24) is 4.31 Å². The molecule has 6 heteroatoms. The zero-order chi connectivity index (χ0) is 9.90. The molecule has 1 unspecified atom stereocenters. The fourth-order valence-electron chi connectivity index (χ4n) is 1.35. The van der Waals surface area contributed by atoms with Gasteiger partial charge in [0.15, 0.2) is 0 Å². The van der Waals surface area contributed by atoms with Gasteiger partial charge in [-0.2, -0.15) is 16.1 Å². The minimum Gasteiger partial charge on any atom is -0.211 e. The number of hydrogen-bond donors (Lipinski definition) is 0. The third kappa shape index (κ3) is 3.01. The second kappa shape index (κ2) is 4.87. The van der Waals surface area contributed by atoms with Crippen molar-refractivity contribution in [3.05, 3.63) is 0 Å². The maximum absolute atomic E-state index is 11.5. The van der Waals surface area contributed by atoms with Gasteiger partial charge in [-0.25, -0.2) is 8.42 Å². The van der Waals surface area contributed by atoms with Crippen LogP contribution in [0.3, 0.4) is 0 Å². The maximum Gasteiger partial charge on any atom is 0.228 e. The molecule has 1 aliphatic rings. The van der Waals surface area contributed by atoms with E-state index in [1.165, 1.54) is 4.31 Å². The van der Waals surface area contributed by atoms with E-state index in [1.54, 1.807) is 11.8 Å². The van der Waals surface area contributed by atoms with Gasteiger partial charge in [-0.05, 0) is 19.1 Å². The first kappa shape index (κ1) is 11.6. The molecule has 0 aromatic heterocycles. The van der Waals surface area contributed by atoms with Crippen LogP contribution in [0.15, 0.2) is 0 Å². The highest BCUT2D eigenvalue weighted by atomic mass is 35.5. The largest absolute Gasteiger partial charge is 0.228 e. The highest BCUT2D eigenvalue weighted by Crippen LogP contribution is 2.19. The summed E-state index contributed by atoms with van der Waals surface area (Å²) in [6, 6.07) is 0.0961. The zero-order valence-corrected chi connectivity index (χ0v) is 9.96. The Morgan fingerprint density at radius 2 is 2.23 bits per heavy atom. The van der Waals surface area contributed by atoms with Crippen LogP contribution in [0.5, 0.6) is 0 Å². The van der Waals surface area contributed by atoms with Crippen LogP contribution in [0, 0.1) is 0 Å². The van der Waals surface area contributed by atoms with E-state index in [9.17, 15) is 8.42 Å². The van der Waals surface area contributed by atoms with Gasteiger partial charge in [-0.3, -0.25) is 0 Å². The summed E-state index contributed by atoms with van der Waals surface area (Å²) in [5, 5.41) is -0.304. The molecule has 0 aromatic rings. The molecule has 0 N–H and O–H groups in total. The van der Waals surface area contributed by atoms with Crippen LogP contribution in [0.4, 0.5) is 0 Å². The van der Waals surface area contributed by atoms with E-state index in [0.29, 0.717) is 6.54 Å². The van der Waals surface area contributed by atoms with Crippen molar-refractivity contribution in [3.8, 4) is 0 Å². The van der Waals surface area contributed by atoms with Crippen LogP contribution < -0.4 is 0 Å².